The number of carbonyl (C=O) groups excluding carboxylic acids is 1. The normalized spacial score (nSPS) is 33.7. The van der Waals surface area contributed by atoms with E-state index in [2.05, 4.69) is 5.09 Å². The van der Waals surface area contributed by atoms with Crippen molar-refractivity contribution in [2.75, 3.05) is 6.61 Å². The Kier molecular flexibility index (Phi) is 4.52. The third-order valence-electron chi connectivity index (χ3n) is 4.99. The monoisotopic (exact) mass is 455 g/mol. The Balaban J connectivity index is 1.39. The Labute approximate surface area is 172 Å². The van der Waals surface area contributed by atoms with E-state index in [1.54, 1.807) is 24.3 Å². The second-order valence-corrected chi connectivity index (χ2v) is 8.74. The molecule has 0 bridgehead atoms. The lowest BCUT2D eigenvalue weighted by Crippen LogP contribution is -2.42. The molecule has 1 aromatic heterocycles. The third kappa shape index (κ3) is 3.45. The summed E-state index contributed by atoms with van der Waals surface area (Å²) in [6, 6.07) is 7.82. The van der Waals surface area contributed by atoms with Gasteiger partial charge in [-0.15, -0.1) is 0 Å². The number of halogens is 1. The number of hydrogen-bond acceptors (Lipinski definition) is 9. The van der Waals surface area contributed by atoms with Crippen LogP contribution in [0.25, 0.3) is 0 Å². The zero-order chi connectivity index (χ0) is 21.8. The topological polar surface area (TPSA) is 147 Å². The van der Waals surface area contributed by atoms with Crippen LogP contribution in [-0.2, 0) is 29.8 Å². The maximum absolute atomic E-state index is 15.7. The summed E-state index contributed by atoms with van der Waals surface area (Å²) in [4.78, 5) is 37.0. The smallest absolute Gasteiger partial charge is 0.422 e. The fourth-order valence-corrected chi connectivity index (χ4v) is 4.89. The first-order valence-electron chi connectivity index (χ1n) is 9.09. The molecule has 5 rings (SSSR count). The van der Waals surface area contributed by atoms with Crippen LogP contribution in [0.5, 0.6) is 5.75 Å². The number of para-hydroxylation sites is 1. The van der Waals surface area contributed by atoms with Gasteiger partial charge in [0.2, 0.25) is 6.10 Å². The molecule has 2 saturated heterocycles. The van der Waals surface area contributed by atoms with E-state index in [1.165, 1.54) is 0 Å². The van der Waals surface area contributed by atoms with E-state index in [1.807, 2.05) is 4.98 Å². The van der Waals surface area contributed by atoms with Gasteiger partial charge in [0.25, 0.3) is 11.4 Å². The van der Waals surface area contributed by atoms with Crippen molar-refractivity contribution in [3.63, 3.8) is 0 Å². The average Bonchev–Trinajstić information content (AvgIpc) is 3.24. The number of alkyl halides is 1. The van der Waals surface area contributed by atoms with Gasteiger partial charge in [0.05, 0.1) is 0 Å². The number of fused-ring (bicyclic) bond motifs is 2. The number of ether oxygens (including phenoxy) is 3. The van der Waals surface area contributed by atoms with Gasteiger partial charge >= 0.3 is 19.6 Å². The molecule has 2 fully saturated rings. The molecule has 2 N–H and O–H groups in total. The first-order chi connectivity index (χ1) is 14.8. The van der Waals surface area contributed by atoms with Crippen LogP contribution < -0.4 is 20.9 Å². The lowest BCUT2D eigenvalue weighted by Gasteiger charge is -2.29. The molecule has 12 nitrogen and oxygen atoms in total. The molecule has 0 saturated carbocycles. The number of H-pyrrole nitrogens is 1. The molecule has 5 atom stereocenters. The minimum Gasteiger partial charge on any atom is -0.422 e. The van der Waals surface area contributed by atoms with Crippen LogP contribution in [0, 0.1) is 0 Å². The van der Waals surface area contributed by atoms with Crippen LogP contribution in [0.1, 0.15) is 11.8 Å². The minimum absolute atomic E-state index is 0.160. The number of nitrogens with zero attached hydrogens (tertiary/aromatic N) is 1. The van der Waals surface area contributed by atoms with Crippen molar-refractivity contribution in [3.05, 3.63) is 62.9 Å². The molecule has 164 valence electrons. The van der Waals surface area contributed by atoms with Gasteiger partial charge in [-0.05, 0) is 6.07 Å². The highest BCUT2D eigenvalue weighted by molar-refractivity contribution is 7.52. The molecule has 14 heteroatoms. The summed E-state index contributed by atoms with van der Waals surface area (Å²) in [5.41, 5.74) is -0.851. The van der Waals surface area contributed by atoms with Crippen LogP contribution in [0.3, 0.4) is 0 Å². The van der Waals surface area contributed by atoms with Gasteiger partial charge in [0.15, 0.2) is 12.3 Å². The summed E-state index contributed by atoms with van der Waals surface area (Å²) in [5, 5.41) is 2.57. The molecule has 31 heavy (non-hydrogen) atoms. The van der Waals surface area contributed by atoms with Crippen LogP contribution in [-0.4, -0.2) is 40.4 Å². The molecule has 0 radical (unpaired) electrons. The second-order valence-electron chi connectivity index (χ2n) is 6.99. The zero-order valence-corrected chi connectivity index (χ0v) is 16.5. The molecule has 0 aliphatic carbocycles. The quantitative estimate of drug-likeness (QED) is 0.504. The molecule has 0 spiro atoms. The van der Waals surface area contributed by atoms with Crippen molar-refractivity contribution < 1.29 is 37.0 Å². The van der Waals surface area contributed by atoms with Crippen molar-refractivity contribution in [2.24, 2.45) is 0 Å². The molecule has 1 unspecified atom stereocenters. The van der Waals surface area contributed by atoms with Crippen LogP contribution in [0.2, 0.25) is 0 Å². The van der Waals surface area contributed by atoms with E-state index >= 15 is 4.39 Å². The Morgan fingerprint density at radius 2 is 2.03 bits per heavy atom. The van der Waals surface area contributed by atoms with E-state index in [0.717, 1.165) is 22.4 Å². The van der Waals surface area contributed by atoms with E-state index in [4.69, 9.17) is 23.3 Å². The largest absolute Gasteiger partial charge is 0.509 e. The minimum atomic E-state index is -3.97. The Bertz CT molecular complexity index is 1220. The van der Waals surface area contributed by atoms with Crippen molar-refractivity contribution in [3.8, 4) is 5.75 Å². The van der Waals surface area contributed by atoms with Gasteiger partial charge in [-0.3, -0.25) is 18.9 Å². The summed E-state index contributed by atoms with van der Waals surface area (Å²) in [6.07, 6.45) is -4.54. The van der Waals surface area contributed by atoms with Crippen LogP contribution >= 0.6 is 7.75 Å². The summed E-state index contributed by atoms with van der Waals surface area (Å²) in [5.74, 6) is -2.51. The van der Waals surface area contributed by atoms with Gasteiger partial charge in [0.1, 0.15) is 12.4 Å². The number of benzene rings is 1. The van der Waals surface area contributed by atoms with E-state index in [-0.39, 0.29) is 6.54 Å². The molecular weight excluding hydrogens is 440 g/mol. The fraction of sp³-hybridized carbons (Fsp3) is 0.353. The van der Waals surface area contributed by atoms with Gasteiger partial charge in [0, 0.05) is 24.4 Å². The summed E-state index contributed by atoms with van der Waals surface area (Å²) in [6.45, 7) is -0.807. The molecule has 0 amide bonds. The van der Waals surface area contributed by atoms with Crippen molar-refractivity contribution in [1.82, 2.24) is 14.6 Å². The predicted molar refractivity (Wildman–Crippen MR) is 97.9 cm³/mol. The molecule has 2 aromatic rings. The Morgan fingerprint density at radius 1 is 1.23 bits per heavy atom. The van der Waals surface area contributed by atoms with Crippen molar-refractivity contribution in [2.45, 2.75) is 30.8 Å². The number of hydrogen-bond donors (Lipinski definition) is 2. The fourth-order valence-electron chi connectivity index (χ4n) is 3.53. The molecule has 1 aromatic carbocycles. The second kappa shape index (κ2) is 7.02. The van der Waals surface area contributed by atoms with Crippen molar-refractivity contribution >= 4 is 13.9 Å². The number of aromatic nitrogens is 2. The number of carbonyl (C=O) groups is 1. The number of aromatic amines is 1. The molecule has 3 aliphatic rings. The lowest BCUT2D eigenvalue weighted by molar-refractivity contribution is -0.207. The molecular formula is C17H15FN3O9P. The summed E-state index contributed by atoms with van der Waals surface area (Å²) >= 11 is 0. The zero-order valence-electron chi connectivity index (χ0n) is 15.6. The highest BCUT2D eigenvalue weighted by Crippen LogP contribution is 2.52. The molecule has 3 aliphatic heterocycles. The van der Waals surface area contributed by atoms with Gasteiger partial charge in [-0.2, -0.15) is 0 Å². The maximum Gasteiger partial charge on any atom is 0.509 e. The van der Waals surface area contributed by atoms with E-state index in [9.17, 15) is 18.9 Å². The highest BCUT2D eigenvalue weighted by Gasteiger charge is 2.65. The number of nitrogens with one attached hydrogen (secondary N) is 2. The Morgan fingerprint density at radius 3 is 2.84 bits per heavy atom. The van der Waals surface area contributed by atoms with Gasteiger partial charge in [-0.25, -0.2) is 23.6 Å². The Hall–Kier alpha value is -2.99. The first kappa shape index (κ1) is 19.9. The third-order valence-corrected chi connectivity index (χ3v) is 6.44. The molecule has 4 heterocycles. The highest BCUT2D eigenvalue weighted by atomic mass is 31.2. The summed E-state index contributed by atoms with van der Waals surface area (Å²) < 4.78 is 55.2. The summed E-state index contributed by atoms with van der Waals surface area (Å²) in [7, 11) is -3.97. The van der Waals surface area contributed by atoms with Gasteiger partial charge < -0.3 is 18.7 Å². The van der Waals surface area contributed by atoms with Crippen LogP contribution in [0.15, 0.2) is 46.1 Å². The van der Waals surface area contributed by atoms with Crippen LogP contribution in [0.4, 0.5) is 9.18 Å². The average molecular weight is 455 g/mol. The van der Waals surface area contributed by atoms with Crippen molar-refractivity contribution in [1.29, 1.82) is 0 Å². The first-order valence-corrected chi connectivity index (χ1v) is 10.6. The maximum atomic E-state index is 15.7. The predicted octanol–water partition coefficient (Wildman–Crippen LogP) is 0.942. The van der Waals surface area contributed by atoms with E-state index in [0.29, 0.717) is 5.75 Å². The van der Waals surface area contributed by atoms with E-state index < -0.39 is 56.0 Å². The standard InChI is InChI=1S/C17H15FN3O9P/c18-17(8-26-31(25)19-7-9-3-1-2-4-10(9)30-31)13-12(27-16(24)28-13)14(29-17)21-6-5-11(22)20-15(21)23/h1-6,12-14H,7-8H2,(H,19,25)(H,20,22,23)/t12-,13+,14-,17-,31?/m1/s1. The SMILES string of the molecule is O=C1O[C@H]2[C@H](n3ccc(=O)[nH]c3=O)O[C@](F)(COP3(=O)NCc4ccccc4O3)[C@H]2O1. The lowest BCUT2D eigenvalue weighted by atomic mass is 10.1. The van der Waals surface area contributed by atoms with Gasteiger partial charge in [-0.1, -0.05) is 18.2 Å². The number of rotatable bonds is 4.